The highest BCUT2D eigenvalue weighted by atomic mass is 14.6. The van der Waals surface area contributed by atoms with Crippen LogP contribution in [0, 0.1) is 0 Å². The molecule has 0 fully saturated rings. The topological polar surface area (TPSA) is 12.9 Å². The van der Waals surface area contributed by atoms with E-state index in [1.807, 2.05) is 12.3 Å². The van der Waals surface area contributed by atoms with E-state index in [2.05, 4.69) is 66.7 Å². The summed E-state index contributed by atoms with van der Waals surface area (Å²) in [5, 5.41) is 11.7. The second kappa shape index (κ2) is 4.21. The first-order valence-electron chi connectivity index (χ1n) is 8.25. The summed E-state index contributed by atoms with van der Waals surface area (Å²) >= 11 is 0. The van der Waals surface area contributed by atoms with Crippen molar-refractivity contribution in [2.75, 3.05) is 0 Å². The van der Waals surface area contributed by atoms with Crippen molar-refractivity contribution in [2.24, 2.45) is 0 Å². The quantitative estimate of drug-likeness (QED) is 0.237. The Labute approximate surface area is 138 Å². The zero-order chi connectivity index (χ0) is 15.7. The minimum Gasteiger partial charge on any atom is -0.256 e. The van der Waals surface area contributed by atoms with E-state index in [9.17, 15) is 0 Å². The summed E-state index contributed by atoms with van der Waals surface area (Å²) in [7, 11) is 0. The SMILES string of the molecule is c1ccc2c(c1)cc1ccc3cccc4c5cccnc5c2c1c34. The molecular formula is C23H13N. The Morgan fingerprint density at radius 1 is 0.500 bits per heavy atom. The van der Waals surface area contributed by atoms with Crippen molar-refractivity contribution in [1.29, 1.82) is 0 Å². The first-order valence-corrected chi connectivity index (χ1v) is 8.25. The monoisotopic (exact) mass is 303 g/mol. The Bertz CT molecular complexity index is 1390. The normalized spacial score (nSPS) is 12.2. The van der Waals surface area contributed by atoms with Gasteiger partial charge < -0.3 is 0 Å². The maximum absolute atomic E-state index is 4.78. The molecule has 24 heavy (non-hydrogen) atoms. The van der Waals surface area contributed by atoms with Crippen LogP contribution in [-0.2, 0) is 0 Å². The second-order valence-electron chi connectivity index (χ2n) is 6.44. The average molecular weight is 303 g/mol. The Balaban J connectivity index is 2.15. The van der Waals surface area contributed by atoms with Gasteiger partial charge in [-0.05, 0) is 44.5 Å². The van der Waals surface area contributed by atoms with Crippen molar-refractivity contribution in [1.82, 2.24) is 4.98 Å². The van der Waals surface area contributed by atoms with Crippen LogP contribution < -0.4 is 0 Å². The minimum atomic E-state index is 1.10. The van der Waals surface area contributed by atoms with Gasteiger partial charge in [-0.2, -0.15) is 0 Å². The summed E-state index contributed by atoms with van der Waals surface area (Å²) in [6.45, 7) is 0. The lowest BCUT2D eigenvalue weighted by atomic mass is 9.88. The van der Waals surface area contributed by atoms with E-state index >= 15 is 0 Å². The van der Waals surface area contributed by atoms with Gasteiger partial charge in [0.2, 0.25) is 0 Å². The molecule has 1 heterocycles. The largest absolute Gasteiger partial charge is 0.256 e. The summed E-state index contributed by atoms with van der Waals surface area (Å²) in [5.74, 6) is 0. The molecule has 0 radical (unpaired) electrons. The van der Waals surface area contributed by atoms with E-state index in [-0.39, 0.29) is 0 Å². The van der Waals surface area contributed by atoms with E-state index in [0.29, 0.717) is 0 Å². The van der Waals surface area contributed by atoms with Gasteiger partial charge in [-0.1, -0.05) is 60.7 Å². The van der Waals surface area contributed by atoms with Crippen molar-refractivity contribution in [3.05, 3.63) is 79.0 Å². The maximum Gasteiger partial charge on any atom is 0.0793 e. The van der Waals surface area contributed by atoms with Crippen LogP contribution in [0.2, 0.25) is 0 Å². The van der Waals surface area contributed by atoms with Crippen LogP contribution in [0.1, 0.15) is 0 Å². The predicted octanol–water partition coefficient (Wildman–Crippen LogP) is 6.29. The number of pyridine rings is 1. The molecule has 0 aliphatic heterocycles. The molecule has 0 amide bonds. The fourth-order valence-electron chi connectivity index (χ4n) is 4.23. The molecule has 0 unspecified atom stereocenters. The highest BCUT2D eigenvalue weighted by Gasteiger charge is 2.15. The molecule has 0 saturated carbocycles. The molecule has 110 valence electrons. The summed E-state index contributed by atoms with van der Waals surface area (Å²) in [6, 6.07) is 26.2. The number of hydrogen-bond donors (Lipinski definition) is 0. The molecule has 0 N–H and O–H groups in total. The van der Waals surface area contributed by atoms with Gasteiger partial charge in [-0.25, -0.2) is 0 Å². The van der Waals surface area contributed by atoms with Crippen molar-refractivity contribution in [2.45, 2.75) is 0 Å². The molecule has 0 bridgehead atoms. The Morgan fingerprint density at radius 3 is 2.29 bits per heavy atom. The zero-order valence-corrected chi connectivity index (χ0v) is 13.0. The van der Waals surface area contributed by atoms with E-state index < -0.39 is 0 Å². The summed E-state index contributed by atoms with van der Waals surface area (Å²) in [5.41, 5.74) is 1.10. The third-order valence-corrected chi connectivity index (χ3v) is 5.20. The van der Waals surface area contributed by atoms with Crippen LogP contribution >= 0.6 is 0 Å². The molecule has 0 atom stereocenters. The number of hydrogen-bond acceptors (Lipinski definition) is 1. The predicted molar refractivity (Wildman–Crippen MR) is 103 cm³/mol. The number of rotatable bonds is 0. The Morgan fingerprint density at radius 2 is 1.29 bits per heavy atom. The third-order valence-electron chi connectivity index (χ3n) is 5.20. The molecule has 0 saturated heterocycles. The fraction of sp³-hybridized carbons (Fsp3) is 0. The van der Waals surface area contributed by atoms with E-state index in [4.69, 9.17) is 4.98 Å². The lowest BCUT2D eigenvalue weighted by Gasteiger charge is -2.15. The molecule has 0 aliphatic rings. The van der Waals surface area contributed by atoms with Gasteiger partial charge in [0.05, 0.1) is 5.52 Å². The van der Waals surface area contributed by atoms with Crippen LogP contribution in [0.15, 0.2) is 79.0 Å². The first-order chi connectivity index (χ1) is 11.9. The fourth-order valence-corrected chi connectivity index (χ4v) is 4.23. The van der Waals surface area contributed by atoms with Crippen molar-refractivity contribution in [3.8, 4) is 0 Å². The van der Waals surface area contributed by atoms with Crippen molar-refractivity contribution in [3.63, 3.8) is 0 Å². The second-order valence-corrected chi connectivity index (χ2v) is 6.44. The van der Waals surface area contributed by atoms with Crippen LogP contribution in [0.25, 0.3) is 54.0 Å². The molecule has 1 nitrogen and oxygen atoms in total. The van der Waals surface area contributed by atoms with Gasteiger partial charge >= 0.3 is 0 Å². The first kappa shape index (κ1) is 12.3. The lowest BCUT2D eigenvalue weighted by Crippen LogP contribution is -1.90. The van der Waals surface area contributed by atoms with Gasteiger partial charge in [-0.3, -0.25) is 4.98 Å². The average Bonchev–Trinajstić information content (AvgIpc) is 2.66. The molecule has 0 aliphatic carbocycles. The highest BCUT2D eigenvalue weighted by molar-refractivity contribution is 6.37. The Hall–Kier alpha value is -3.19. The van der Waals surface area contributed by atoms with Crippen LogP contribution in [-0.4, -0.2) is 4.98 Å². The van der Waals surface area contributed by atoms with Gasteiger partial charge in [0.25, 0.3) is 0 Å². The van der Waals surface area contributed by atoms with Gasteiger partial charge in [-0.15, -0.1) is 0 Å². The van der Waals surface area contributed by atoms with E-state index in [1.165, 1.54) is 48.5 Å². The number of nitrogens with zero attached hydrogens (tertiary/aromatic N) is 1. The molecule has 1 heteroatoms. The Kier molecular flexibility index (Phi) is 2.15. The molecule has 1 aromatic heterocycles. The maximum atomic E-state index is 4.78. The van der Waals surface area contributed by atoms with Crippen LogP contribution in [0.3, 0.4) is 0 Å². The number of fused-ring (bicyclic) bond motifs is 5. The van der Waals surface area contributed by atoms with Crippen LogP contribution in [0.4, 0.5) is 0 Å². The highest BCUT2D eigenvalue weighted by Crippen LogP contribution is 2.42. The van der Waals surface area contributed by atoms with Crippen LogP contribution in [0.5, 0.6) is 0 Å². The zero-order valence-electron chi connectivity index (χ0n) is 13.0. The molecule has 0 spiro atoms. The molecule has 5 aromatic carbocycles. The standard InChI is InChI=1S/C23H13N/c1-2-7-17-15(5-1)13-16-11-10-14-6-3-8-18-19-9-4-12-24-23(19)22(17)21(16)20(14)18/h1-13H. The summed E-state index contributed by atoms with van der Waals surface area (Å²) < 4.78 is 0. The van der Waals surface area contributed by atoms with Crippen molar-refractivity contribution < 1.29 is 0 Å². The number of benzene rings is 5. The van der Waals surface area contributed by atoms with Gasteiger partial charge in [0.15, 0.2) is 0 Å². The number of aromatic nitrogens is 1. The van der Waals surface area contributed by atoms with E-state index in [1.54, 1.807) is 0 Å². The molecular weight excluding hydrogens is 290 g/mol. The van der Waals surface area contributed by atoms with E-state index in [0.717, 1.165) is 5.52 Å². The summed E-state index contributed by atoms with van der Waals surface area (Å²) in [6.07, 6.45) is 1.90. The molecule has 6 aromatic rings. The summed E-state index contributed by atoms with van der Waals surface area (Å²) in [4.78, 5) is 4.78. The smallest absolute Gasteiger partial charge is 0.0793 e. The van der Waals surface area contributed by atoms with Crippen molar-refractivity contribution >= 4 is 54.0 Å². The van der Waals surface area contributed by atoms with Gasteiger partial charge in [0, 0.05) is 22.4 Å². The minimum absolute atomic E-state index is 1.10. The van der Waals surface area contributed by atoms with Gasteiger partial charge in [0.1, 0.15) is 0 Å². The lowest BCUT2D eigenvalue weighted by molar-refractivity contribution is 1.43. The third kappa shape index (κ3) is 1.38. The molecule has 6 rings (SSSR count).